The summed E-state index contributed by atoms with van der Waals surface area (Å²) < 4.78 is 0. The van der Waals surface area contributed by atoms with Gasteiger partial charge in [0.1, 0.15) is 0 Å². The molecule has 21 heavy (non-hydrogen) atoms. The van der Waals surface area contributed by atoms with Crippen molar-refractivity contribution in [1.82, 2.24) is 4.90 Å². The van der Waals surface area contributed by atoms with Gasteiger partial charge in [-0.2, -0.15) is 0 Å². The molecule has 0 aliphatic carbocycles. The first-order valence-corrected chi connectivity index (χ1v) is 8.28. The highest BCUT2D eigenvalue weighted by Gasteiger charge is 2.16. The Morgan fingerprint density at radius 3 is 2.62 bits per heavy atom. The second kappa shape index (κ2) is 8.47. The average molecular weight is 309 g/mol. The molecule has 1 aromatic rings. The standard InChI is InChI=1S/C17H27NO2S/c1-17(2,3)9-7-14(8-10-18(4)11-12-19)16(20)15-6-5-13-21-15/h5-7,13,19H,8-12H2,1-4H3/b14-7+. The number of hydrogen-bond donors (Lipinski definition) is 1. The van der Waals surface area contributed by atoms with E-state index in [0.29, 0.717) is 6.54 Å². The second-order valence-corrected chi connectivity index (χ2v) is 7.53. The molecule has 0 amide bonds. The number of hydrogen-bond acceptors (Lipinski definition) is 4. The fourth-order valence-corrected chi connectivity index (χ4v) is 2.60. The van der Waals surface area contributed by atoms with E-state index < -0.39 is 0 Å². The molecule has 1 N–H and O–H groups in total. The van der Waals surface area contributed by atoms with E-state index in [1.807, 2.05) is 29.5 Å². The van der Waals surface area contributed by atoms with Crippen molar-refractivity contribution in [3.8, 4) is 0 Å². The SMILES string of the molecule is CN(CCO)CC/C(=C\CC(C)(C)C)C(=O)c1cccs1. The van der Waals surface area contributed by atoms with Crippen molar-refractivity contribution in [2.24, 2.45) is 5.41 Å². The van der Waals surface area contributed by atoms with Crippen molar-refractivity contribution in [2.75, 3.05) is 26.7 Å². The van der Waals surface area contributed by atoms with E-state index in [4.69, 9.17) is 5.11 Å². The van der Waals surface area contributed by atoms with Gasteiger partial charge in [0.25, 0.3) is 0 Å². The lowest BCUT2D eigenvalue weighted by atomic mass is 9.90. The van der Waals surface area contributed by atoms with Crippen molar-refractivity contribution >= 4 is 17.1 Å². The topological polar surface area (TPSA) is 40.5 Å². The molecule has 0 aliphatic rings. The molecule has 3 nitrogen and oxygen atoms in total. The predicted octanol–water partition coefficient (Wildman–Crippen LogP) is 3.61. The minimum absolute atomic E-state index is 0.145. The first-order chi connectivity index (χ1) is 9.83. The number of Topliss-reactive ketones (excluding diaryl/α,β-unsaturated/α-hetero) is 1. The summed E-state index contributed by atoms with van der Waals surface area (Å²) in [6.45, 7) is 8.10. The zero-order chi connectivity index (χ0) is 15.9. The van der Waals surface area contributed by atoms with Gasteiger partial charge < -0.3 is 10.0 Å². The Labute approximate surface area is 132 Å². The van der Waals surface area contributed by atoms with Crippen molar-refractivity contribution in [1.29, 1.82) is 0 Å². The quantitative estimate of drug-likeness (QED) is 0.589. The molecule has 0 saturated heterocycles. The second-order valence-electron chi connectivity index (χ2n) is 6.58. The van der Waals surface area contributed by atoms with E-state index >= 15 is 0 Å². The highest BCUT2D eigenvalue weighted by Crippen LogP contribution is 2.23. The summed E-state index contributed by atoms with van der Waals surface area (Å²) in [7, 11) is 1.97. The summed E-state index contributed by atoms with van der Waals surface area (Å²) in [6, 6.07) is 3.80. The van der Waals surface area contributed by atoms with Gasteiger partial charge in [0, 0.05) is 13.1 Å². The van der Waals surface area contributed by atoms with Gasteiger partial charge in [-0.05, 0) is 42.3 Å². The Bertz CT molecular complexity index is 458. The van der Waals surface area contributed by atoms with Gasteiger partial charge in [-0.1, -0.05) is 32.9 Å². The maximum Gasteiger partial charge on any atom is 0.198 e. The maximum absolute atomic E-state index is 12.6. The van der Waals surface area contributed by atoms with Gasteiger partial charge in [-0.15, -0.1) is 11.3 Å². The first-order valence-electron chi connectivity index (χ1n) is 7.40. The first kappa shape index (κ1) is 18.1. The van der Waals surface area contributed by atoms with Crippen molar-refractivity contribution < 1.29 is 9.90 Å². The molecule has 0 bridgehead atoms. The molecule has 0 atom stereocenters. The van der Waals surface area contributed by atoms with Crippen LogP contribution in [0.3, 0.4) is 0 Å². The Kier molecular flexibility index (Phi) is 7.29. The predicted molar refractivity (Wildman–Crippen MR) is 90.0 cm³/mol. The molecule has 1 aromatic heterocycles. The molecule has 0 radical (unpaired) electrons. The lowest BCUT2D eigenvalue weighted by molar-refractivity contribution is 0.103. The summed E-state index contributed by atoms with van der Waals surface area (Å²) in [5.41, 5.74) is 1.06. The number of thiophene rings is 1. The molecule has 1 heterocycles. The van der Waals surface area contributed by atoms with Gasteiger partial charge >= 0.3 is 0 Å². The van der Waals surface area contributed by atoms with Gasteiger partial charge in [0.15, 0.2) is 5.78 Å². The van der Waals surface area contributed by atoms with E-state index in [1.54, 1.807) is 0 Å². The number of ketones is 1. The molecule has 0 aromatic carbocycles. The third-order valence-electron chi connectivity index (χ3n) is 3.24. The zero-order valence-electron chi connectivity index (χ0n) is 13.6. The fraction of sp³-hybridized carbons (Fsp3) is 0.588. The molecule has 0 saturated carbocycles. The van der Waals surface area contributed by atoms with E-state index in [0.717, 1.165) is 29.8 Å². The normalized spacial score (nSPS) is 13.0. The molecule has 0 fully saturated rings. The maximum atomic E-state index is 12.6. The summed E-state index contributed by atoms with van der Waals surface area (Å²) in [6.07, 6.45) is 3.71. The smallest absolute Gasteiger partial charge is 0.198 e. The number of carbonyl (C=O) groups is 1. The molecule has 0 unspecified atom stereocenters. The van der Waals surface area contributed by atoms with Crippen LogP contribution in [0.25, 0.3) is 0 Å². The highest BCUT2D eigenvalue weighted by atomic mass is 32.1. The number of aliphatic hydroxyl groups excluding tert-OH is 1. The summed E-state index contributed by atoms with van der Waals surface area (Å²) in [5, 5.41) is 10.9. The average Bonchev–Trinajstić information content (AvgIpc) is 2.91. The fourth-order valence-electron chi connectivity index (χ4n) is 1.90. The van der Waals surface area contributed by atoms with Crippen LogP contribution in [0.1, 0.15) is 43.3 Å². The number of allylic oxidation sites excluding steroid dienone is 1. The molecule has 0 aliphatic heterocycles. The molecular weight excluding hydrogens is 282 g/mol. The van der Waals surface area contributed by atoms with E-state index in [2.05, 4.69) is 26.8 Å². The van der Waals surface area contributed by atoms with Crippen LogP contribution in [0.4, 0.5) is 0 Å². The monoisotopic (exact) mass is 309 g/mol. The van der Waals surface area contributed by atoms with Crippen LogP contribution in [0, 0.1) is 5.41 Å². The van der Waals surface area contributed by atoms with Crippen molar-refractivity contribution in [2.45, 2.75) is 33.6 Å². The van der Waals surface area contributed by atoms with E-state index in [1.165, 1.54) is 11.3 Å². The number of carbonyl (C=O) groups excluding carboxylic acids is 1. The van der Waals surface area contributed by atoms with Gasteiger partial charge in [-0.3, -0.25) is 4.79 Å². The summed E-state index contributed by atoms with van der Waals surface area (Å²) >= 11 is 1.49. The Hall–Kier alpha value is -0.970. The Morgan fingerprint density at radius 1 is 1.38 bits per heavy atom. The largest absolute Gasteiger partial charge is 0.395 e. The number of rotatable bonds is 8. The van der Waals surface area contributed by atoms with E-state index in [-0.39, 0.29) is 17.8 Å². The number of likely N-dealkylation sites (N-methyl/N-ethyl adjacent to an activating group) is 1. The Balaban J connectivity index is 2.77. The molecule has 1 rings (SSSR count). The van der Waals surface area contributed by atoms with Crippen LogP contribution in [0.2, 0.25) is 0 Å². The minimum atomic E-state index is 0.145. The van der Waals surface area contributed by atoms with E-state index in [9.17, 15) is 4.79 Å². The highest BCUT2D eigenvalue weighted by molar-refractivity contribution is 7.12. The lowest BCUT2D eigenvalue weighted by Gasteiger charge is -2.18. The Morgan fingerprint density at radius 2 is 2.10 bits per heavy atom. The van der Waals surface area contributed by atoms with Gasteiger partial charge in [-0.25, -0.2) is 0 Å². The molecule has 0 spiro atoms. The van der Waals surface area contributed by atoms with Crippen molar-refractivity contribution in [3.05, 3.63) is 34.0 Å². The summed E-state index contributed by atoms with van der Waals surface area (Å²) in [4.78, 5) is 15.4. The van der Waals surface area contributed by atoms with Crippen LogP contribution in [-0.4, -0.2) is 42.5 Å². The molecular formula is C17H27NO2S. The van der Waals surface area contributed by atoms with Crippen LogP contribution in [-0.2, 0) is 0 Å². The molecule has 4 heteroatoms. The molecule has 118 valence electrons. The van der Waals surface area contributed by atoms with Gasteiger partial charge in [0.2, 0.25) is 0 Å². The van der Waals surface area contributed by atoms with Gasteiger partial charge in [0.05, 0.1) is 11.5 Å². The van der Waals surface area contributed by atoms with Crippen LogP contribution in [0.15, 0.2) is 29.2 Å². The minimum Gasteiger partial charge on any atom is -0.395 e. The summed E-state index contributed by atoms with van der Waals surface area (Å²) in [5.74, 6) is 0.145. The lowest BCUT2D eigenvalue weighted by Crippen LogP contribution is -2.24. The van der Waals surface area contributed by atoms with Crippen LogP contribution in [0.5, 0.6) is 0 Å². The third-order valence-corrected chi connectivity index (χ3v) is 4.11. The van der Waals surface area contributed by atoms with Crippen molar-refractivity contribution in [3.63, 3.8) is 0 Å². The number of aliphatic hydroxyl groups is 1. The third kappa shape index (κ3) is 7.02. The zero-order valence-corrected chi connectivity index (χ0v) is 14.4. The van der Waals surface area contributed by atoms with Crippen LogP contribution < -0.4 is 0 Å². The van der Waals surface area contributed by atoms with Crippen LogP contribution >= 0.6 is 11.3 Å². The number of nitrogens with zero attached hydrogens (tertiary/aromatic N) is 1.